The van der Waals surface area contributed by atoms with Gasteiger partial charge in [0.2, 0.25) is 5.91 Å². The first-order valence-corrected chi connectivity index (χ1v) is 11.6. The average Bonchev–Trinajstić information content (AvgIpc) is 3.41. The molecule has 3 aromatic rings. The Hall–Kier alpha value is -2.90. The van der Waals surface area contributed by atoms with E-state index >= 15 is 0 Å². The number of rotatable bonds is 5. The molecule has 0 radical (unpaired) electrons. The van der Waals surface area contributed by atoms with Crippen molar-refractivity contribution in [2.24, 2.45) is 0 Å². The van der Waals surface area contributed by atoms with E-state index in [2.05, 4.69) is 15.2 Å². The molecule has 2 aromatic carbocycles. The summed E-state index contributed by atoms with van der Waals surface area (Å²) >= 11 is 7.33. The SMILES string of the molecule is CC(=O)N(C)C1CCN(c2ccc(NC(=O)c3sc(-c4ccc(Cl)cc4)nc3C)cc2)C1. The molecule has 166 valence electrons. The number of thiazole rings is 1. The minimum atomic E-state index is -0.169. The fraction of sp³-hybridized carbons (Fsp3) is 0.292. The molecule has 0 aliphatic carbocycles. The summed E-state index contributed by atoms with van der Waals surface area (Å²) in [5, 5.41) is 4.43. The van der Waals surface area contributed by atoms with Crippen LogP contribution in [-0.2, 0) is 4.79 Å². The first-order chi connectivity index (χ1) is 15.3. The minimum absolute atomic E-state index is 0.0903. The molecule has 1 atom stereocenters. The molecule has 1 unspecified atom stereocenters. The van der Waals surface area contributed by atoms with Crippen LogP contribution in [0.15, 0.2) is 48.5 Å². The average molecular weight is 469 g/mol. The first-order valence-electron chi connectivity index (χ1n) is 10.4. The van der Waals surface area contributed by atoms with Crippen LogP contribution in [0.5, 0.6) is 0 Å². The number of anilines is 2. The highest BCUT2D eigenvalue weighted by Crippen LogP contribution is 2.30. The van der Waals surface area contributed by atoms with Gasteiger partial charge >= 0.3 is 0 Å². The molecule has 1 fully saturated rings. The smallest absolute Gasteiger partial charge is 0.267 e. The summed E-state index contributed by atoms with van der Waals surface area (Å²) in [6.45, 7) is 5.16. The number of likely N-dealkylation sites (N-methyl/N-ethyl adjacent to an activating group) is 1. The topological polar surface area (TPSA) is 65.5 Å². The van der Waals surface area contributed by atoms with E-state index in [4.69, 9.17) is 11.6 Å². The van der Waals surface area contributed by atoms with Gasteiger partial charge in [0.05, 0.1) is 11.7 Å². The van der Waals surface area contributed by atoms with Gasteiger partial charge in [-0.3, -0.25) is 9.59 Å². The Morgan fingerprint density at radius 3 is 2.50 bits per heavy atom. The van der Waals surface area contributed by atoms with Crippen LogP contribution < -0.4 is 10.2 Å². The Morgan fingerprint density at radius 2 is 1.84 bits per heavy atom. The van der Waals surface area contributed by atoms with Crippen molar-refractivity contribution in [3.63, 3.8) is 0 Å². The van der Waals surface area contributed by atoms with Crippen molar-refractivity contribution >= 4 is 46.1 Å². The lowest BCUT2D eigenvalue weighted by Gasteiger charge is -2.24. The van der Waals surface area contributed by atoms with Gasteiger partial charge in [-0.05, 0) is 49.7 Å². The van der Waals surface area contributed by atoms with Crippen molar-refractivity contribution < 1.29 is 9.59 Å². The summed E-state index contributed by atoms with van der Waals surface area (Å²) in [5.74, 6) is -0.0789. The van der Waals surface area contributed by atoms with E-state index in [9.17, 15) is 9.59 Å². The van der Waals surface area contributed by atoms with Crippen LogP contribution in [0.4, 0.5) is 11.4 Å². The van der Waals surface area contributed by atoms with Crippen LogP contribution in [0, 0.1) is 6.92 Å². The molecule has 2 amide bonds. The van der Waals surface area contributed by atoms with Crippen molar-refractivity contribution in [3.8, 4) is 10.6 Å². The van der Waals surface area contributed by atoms with Crippen LogP contribution in [0.2, 0.25) is 5.02 Å². The molecule has 2 heterocycles. The largest absolute Gasteiger partial charge is 0.369 e. The maximum Gasteiger partial charge on any atom is 0.267 e. The van der Waals surface area contributed by atoms with E-state index in [1.54, 1.807) is 6.92 Å². The van der Waals surface area contributed by atoms with Crippen molar-refractivity contribution in [3.05, 3.63) is 64.1 Å². The van der Waals surface area contributed by atoms with Crippen molar-refractivity contribution in [2.75, 3.05) is 30.4 Å². The zero-order chi connectivity index (χ0) is 22.8. The predicted molar refractivity (Wildman–Crippen MR) is 131 cm³/mol. The molecule has 0 spiro atoms. The lowest BCUT2D eigenvalue weighted by atomic mass is 10.2. The van der Waals surface area contributed by atoms with E-state index in [1.807, 2.05) is 67.4 Å². The lowest BCUT2D eigenvalue weighted by molar-refractivity contribution is -0.129. The Kier molecular flexibility index (Phi) is 6.48. The van der Waals surface area contributed by atoms with Gasteiger partial charge in [0.15, 0.2) is 0 Å². The number of hydrogen-bond acceptors (Lipinski definition) is 5. The van der Waals surface area contributed by atoms with Gasteiger partial charge < -0.3 is 15.1 Å². The normalized spacial score (nSPS) is 15.6. The van der Waals surface area contributed by atoms with Gasteiger partial charge in [0.1, 0.15) is 9.88 Å². The molecule has 1 saturated heterocycles. The van der Waals surface area contributed by atoms with E-state index in [-0.39, 0.29) is 17.9 Å². The predicted octanol–water partition coefficient (Wildman–Crippen LogP) is 5.08. The van der Waals surface area contributed by atoms with E-state index in [0.717, 1.165) is 41.5 Å². The van der Waals surface area contributed by atoms with Crippen molar-refractivity contribution in [1.82, 2.24) is 9.88 Å². The molecule has 1 aliphatic rings. The summed E-state index contributed by atoms with van der Waals surface area (Å²) < 4.78 is 0. The molecule has 6 nitrogen and oxygen atoms in total. The highest BCUT2D eigenvalue weighted by Gasteiger charge is 2.27. The second-order valence-electron chi connectivity index (χ2n) is 7.96. The van der Waals surface area contributed by atoms with Gasteiger partial charge in [0, 0.05) is 49.0 Å². The molecule has 32 heavy (non-hydrogen) atoms. The summed E-state index contributed by atoms with van der Waals surface area (Å²) in [4.78, 5) is 33.7. The number of nitrogens with one attached hydrogen (secondary N) is 1. The number of halogens is 1. The molecule has 1 aromatic heterocycles. The van der Waals surface area contributed by atoms with Crippen LogP contribution >= 0.6 is 22.9 Å². The number of carbonyl (C=O) groups is 2. The molecule has 8 heteroatoms. The van der Waals surface area contributed by atoms with Gasteiger partial charge in [-0.2, -0.15) is 0 Å². The Balaban J connectivity index is 1.41. The van der Waals surface area contributed by atoms with E-state index in [1.165, 1.54) is 11.3 Å². The van der Waals surface area contributed by atoms with Crippen LogP contribution in [-0.4, -0.2) is 47.9 Å². The van der Waals surface area contributed by atoms with Gasteiger partial charge in [-0.1, -0.05) is 23.7 Å². The molecule has 0 saturated carbocycles. The zero-order valence-corrected chi connectivity index (χ0v) is 19.8. The number of nitrogens with zero attached hydrogens (tertiary/aromatic N) is 3. The molecule has 0 bridgehead atoms. The standard InChI is InChI=1S/C24H25ClN4O2S/c1-15-22(32-24(26-15)17-4-6-18(25)7-5-17)23(31)27-19-8-10-20(11-9-19)29-13-12-21(14-29)28(3)16(2)30/h4-11,21H,12-14H2,1-3H3,(H,27,31). The summed E-state index contributed by atoms with van der Waals surface area (Å²) in [7, 11) is 1.86. The molecule has 1 aliphatic heterocycles. The molecule has 4 rings (SSSR count). The third kappa shape index (κ3) is 4.79. The quantitative estimate of drug-likeness (QED) is 0.567. The first kappa shape index (κ1) is 22.3. The zero-order valence-electron chi connectivity index (χ0n) is 18.3. The second-order valence-corrected chi connectivity index (χ2v) is 9.40. The van der Waals surface area contributed by atoms with Crippen LogP contribution in [0.25, 0.3) is 10.6 Å². The Morgan fingerprint density at radius 1 is 1.16 bits per heavy atom. The summed E-state index contributed by atoms with van der Waals surface area (Å²) in [6, 6.07) is 15.5. The second kappa shape index (κ2) is 9.30. The van der Waals surface area contributed by atoms with Gasteiger partial charge in [0.25, 0.3) is 5.91 Å². The van der Waals surface area contributed by atoms with E-state index < -0.39 is 0 Å². The van der Waals surface area contributed by atoms with Crippen LogP contribution in [0.1, 0.15) is 28.7 Å². The van der Waals surface area contributed by atoms with Crippen LogP contribution in [0.3, 0.4) is 0 Å². The fourth-order valence-corrected chi connectivity index (χ4v) is 4.91. The monoisotopic (exact) mass is 468 g/mol. The highest BCUT2D eigenvalue weighted by molar-refractivity contribution is 7.17. The molecular formula is C24H25ClN4O2S. The number of benzene rings is 2. The summed E-state index contributed by atoms with van der Waals surface area (Å²) in [6.07, 6.45) is 0.954. The summed E-state index contributed by atoms with van der Waals surface area (Å²) in [5.41, 5.74) is 3.45. The van der Waals surface area contributed by atoms with E-state index in [0.29, 0.717) is 15.6 Å². The lowest BCUT2D eigenvalue weighted by Crippen LogP contribution is -2.37. The van der Waals surface area contributed by atoms with Crippen molar-refractivity contribution in [1.29, 1.82) is 0 Å². The Labute approximate surface area is 196 Å². The third-order valence-corrected chi connectivity index (χ3v) is 7.25. The third-order valence-electron chi connectivity index (χ3n) is 5.79. The number of aryl methyl sites for hydroxylation is 1. The molecule has 1 N–H and O–H groups in total. The van der Waals surface area contributed by atoms with Gasteiger partial charge in [-0.15, -0.1) is 11.3 Å². The maximum absolute atomic E-state index is 12.8. The fourth-order valence-electron chi connectivity index (χ4n) is 3.82. The number of hydrogen-bond donors (Lipinski definition) is 1. The van der Waals surface area contributed by atoms with Crippen molar-refractivity contribution in [2.45, 2.75) is 26.3 Å². The number of amides is 2. The minimum Gasteiger partial charge on any atom is -0.369 e. The molecular weight excluding hydrogens is 444 g/mol. The Bertz CT molecular complexity index is 1130. The number of carbonyl (C=O) groups excluding carboxylic acids is 2. The number of aromatic nitrogens is 1. The maximum atomic E-state index is 12.8. The highest BCUT2D eigenvalue weighted by atomic mass is 35.5. The van der Waals surface area contributed by atoms with Gasteiger partial charge in [-0.25, -0.2) is 4.98 Å².